The number of quaternary nitrogens is 1. The maximum atomic E-state index is 12.9. The molecular weight excluding hydrogens is 899 g/mol. The average Bonchev–Trinajstić information content (AvgIpc) is 3.35. The molecular formula is C63H119NO8. The number of allylic oxidation sites excluding steroid dienone is 4. The number of hydrogen-bond donors (Lipinski definition) is 0. The Balaban J connectivity index is 4.17. The molecule has 72 heavy (non-hydrogen) atoms. The Hall–Kier alpha value is -2.23. The molecule has 0 N–H and O–H groups in total. The van der Waals surface area contributed by atoms with Crippen LogP contribution in [0.4, 0.5) is 0 Å². The molecule has 2 unspecified atom stereocenters. The van der Waals surface area contributed by atoms with Crippen LogP contribution in [0.2, 0.25) is 0 Å². The first kappa shape index (κ1) is 69.8. The van der Waals surface area contributed by atoms with Crippen molar-refractivity contribution >= 4 is 17.9 Å². The van der Waals surface area contributed by atoms with Gasteiger partial charge >= 0.3 is 11.9 Å². The highest BCUT2D eigenvalue weighted by Gasteiger charge is 2.22. The second-order valence-electron chi connectivity index (χ2n) is 22.4. The van der Waals surface area contributed by atoms with Crippen LogP contribution in [0.5, 0.6) is 0 Å². The van der Waals surface area contributed by atoms with E-state index in [4.69, 9.17) is 18.9 Å². The van der Waals surface area contributed by atoms with Gasteiger partial charge in [0.1, 0.15) is 13.2 Å². The van der Waals surface area contributed by atoms with Crippen LogP contribution in [-0.2, 0) is 33.3 Å². The van der Waals surface area contributed by atoms with Crippen molar-refractivity contribution in [1.82, 2.24) is 0 Å². The van der Waals surface area contributed by atoms with Gasteiger partial charge in [0.2, 0.25) is 0 Å². The second-order valence-corrected chi connectivity index (χ2v) is 22.4. The van der Waals surface area contributed by atoms with Gasteiger partial charge in [-0.3, -0.25) is 9.59 Å². The first-order valence-corrected chi connectivity index (χ1v) is 31.0. The zero-order valence-electron chi connectivity index (χ0n) is 48.3. The topological polar surface area (TPSA) is 111 Å². The minimum absolute atomic E-state index is 0.150. The van der Waals surface area contributed by atoms with E-state index in [1.807, 2.05) is 21.1 Å². The predicted molar refractivity (Wildman–Crippen MR) is 302 cm³/mol. The van der Waals surface area contributed by atoms with Gasteiger partial charge in [-0.1, -0.05) is 269 Å². The fourth-order valence-electron chi connectivity index (χ4n) is 9.16. The summed E-state index contributed by atoms with van der Waals surface area (Å²) in [5, 5.41) is 11.8. The van der Waals surface area contributed by atoms with E-state index in [2.05, 4.69) is 38.2 Å². The third kappa shape index (κ3) is 55.5. The predicted octanol–water partition coefficient (Wildman–Crippen LogP) is 17.0. The summed E-state index contributed by atoms with van der Waals surface area (Å²) in [6.07, 6.45) is 62.3. The van der Waals surface area contributed by atoms with Crippen LogP contribution in [0.15, 0.2) is 24.3 Å². The molecule has 0 aromatic carbocycles. The average molecular weight is 1020 g/mol. The van der Waals surface area contributed by atoms with Crippen LogP contribution >= 0.6 is 0 Å². The van der Waals surface area contributed by atoms with E-state index < -0.39 is 24.3 Å². The van der Waals surface area contributed by atoms with Crippen molar-refractivity contribution in [2.45, 2.75) is 315 Å². The minimum Gasteiger partial charge on any atom is -0.545 e. The van der Waals surface area contributed by atoms with Gasteiger partial charge in [0.05, 0.1) is 40.3 Å². The number of carbonyl (C=O) groups excluding carboxylic acids is 3. The molecule has 0 radical (unpaired) electrons. The van der Waals surface area contributed by atoms with E-state index in [0.717, 1.165) is 44.9 Å². The van der Waals surface area contributed by atoms with Gasteiger partial charge in [-0.05, 0) is 44.9 Å². The highest BCUT2D eigenvalue weighted by Crippen LogP contribution is 2.18. The number of nitrogens with zero attached hydrogens (tertiary/aromatic N) is 1. The molecule has 0 aromatic rings. The van der Waals surface area contributed by atoms with Crippen molar-refractivity contribution < 1.29 is 42.9 Å². The lowest BCUT2D eigenvalue weighted by Gasteiger charge is -2.26. The van der Waals surface area contributed by atoms with Crippen molar-refractivity contribution in [3.05, 3.63) is 24.3 Å². The number of rotatable bonds is 58. The molecule has 0 saturated heterocycles. The van der Waals surface area contributed by atoms with Gasteiger partial charge in [-0.25, -0.2) is 0 Å². The number of esters is 2. The summed E-state index contributed by atoms with van der Waals surface area (Å²) in [4.78, 5) is 37.3. The summed E-state index contributed by atoms with van der Waals surface area (Å²) in [6, 6.07) is 0. The van der Waals surface area contributed by atoms with E-state index in [9.17, 15) is 19.5 Å². The number of likely N-dealkylation sites (N-methyl/N-ethyl adjacent to an activating group) is 1. The third-order valence-corrected chi connectivity index (χ3v) is 14.0. The molecule has 0 rings (SSSR count). The SMILES string of the molecule is CCCCCCC/C=C\C/C=C\CCCCCCCCCCCCCC(=O)OC(COC(=O)CCCCCCCCCCCCCCCCCCCCCCCCCC)COC(OCC[N+](C)(C)C)C(=O)[O-]. The Kier molecular flexibility index (Phi) is 53.3. The number of carboxylic acids is 1. The van der Waals surface area contributed by atoms with Gasteiger partial charge in [-0.2, -0.15) is 0 Å². The molecule has 0 fully saturated rings. The molecule has 0 spiro atoms. The monoisotopic (exact) mass is 1020 g/mol. The molecule has 0 aliphatic rings. The summed E-state index contributed by atoms with van der Waals surface area (Å²) in [5.41, 5.74) is 0. The number of ether oxygens (including phenoxy) is 4. The van der Waals surface area contributed by atoms with Gasteiger partial charge in [0, 0.05) is 12.8 Å². The van der Waals surface area contributed by atoms with Crippen LogP contribution in [0, 0.1) is 0 Å². The van der Waals surface area contributed by atoms with Crippen molar-refractivity contribution in [3.8, 4) is 0 Å². The Labute approximate surface area is 446 Å². The van der Waals surface area contributed by atoms with Gasteiger partial charge < -0.3 is 33.3 Å². The standard InChI is InChI=1S/C63H119NO8/c1-6-8-10-12-14-16-18-20-22-24-26-28-30-32-33-35-37-39-41-43-45-47-49-51-53-60(65)70-57-59(58-71-63(62(67)68)69-56-55-64(3,4)5)72-61(66)54-52-50-48-46-44-42-40-38-36-34-31-29-27-25-23-21-19-17-15-13-11-9-7-2/h19,21,25,27,59,63H,6-18,20,22-24,26,28-58H2,1-5H3/b21-19-,27-25-. The molecule has 0 heterocycles. The quantitative estimate of drug-likeness (QED) is 0.0195. The van der Waals surface area contributed by atoms with Crippen LogP contribution in [0.25, 0.3) is 0 Å². The minimum atomic E-state index is -1.62. The fourth-order valence-corrected chi connectivity index (χ4v) is 9.16. The zero-order chi connectivity index (χ0) is 52.7. The zero-order valence-corrected chi connectivity index (χ0v) is 48.3. The Morgan fingerprint density at radius 3 is 1.10 bits per heavy atom. The maximum absolute atomic E-state index is 12.9. The highest BCUT2D eigenvalue weighted by atomic mass is 16.7. The molecule has 0 bridgehead atoms. The first-order chi connectivity index (χ1) is 35.1. The highest BCUT2D eigenvalue weighted by molar-refractivity contribution is 5.70. The summed E-state index contributed by atoms with van der Waals surface area (Å²) in [7, 11) is 5.93. The van der Waals surface area contributed by atoms with Crippen molar-refractivity contribution in [2.75, 3.05) is 47.5 Å². The maximum Gasteiger partial charge on any atom is 0.306 e. The lowest BCUT2D eigenvalue weighted by molar-refractivity contribution is -0.870. The fraction of sp³-hybridized carbons (Fsp3) is 0.889. The number of carboxylic acid groups (broad SMARTS) is 1. The number of hydrogen-bond acceptors (Lipinski definition) is 8. The summed E-state index contributed by atoms with van der Waals surface area (Å²) in [6.45, 7) is 4.79. The Morgan fingerprint density at radius 2 is 0.750 bits per heavy atom. The molecule has 0 aromatic heterocycles. The normalized spacial score (nSPS) is 12.8. The third-order valence-electron chi connectivity index (χ3n) is 14.0. The van der Waals surface area contributed by atoms with E-state index in [-0.39, 0.29) is 32.2 Å². The smallest absolute Gasteiger partial charge is 0.306 e. The molecule has 0 aliphatic heterocycles. The van der Waals surface area contributed by atoms with Crippen LogP contribution in [0.3, 0.4) is 0 Å². The van der Waals surface area contributed by atoms with Crippen molar-refractivity contribution in [1.29, 1.82) is 0 Å². The summed E-state index contributed by atoms with van der Waals surface area (Å²) >= 11 is 0. The number of carbonyl (C=O) groups is 3. The number of aliphatic carboxylic acids is 1. The molecule has 9 nitrogen and oxygen atoms in total. The van der Waals surface area contributed by atoms with E-state index in [1.165, 1.54) is 225 Å². The van der Waals surface area contributed by atoms with Crippen LogP contribution < -0.4 is 5.11 Å². The van der Waals surface area contributed by atoms with Crippen molar-refractivity contribution in [3.63, 3.8) is 0 Å². The van der Waals surface area contributed by atoms with E-state index in [0.29, 0.717) is 23.9 Å². The summed E-state index contributed by atoms with van der Waals surface area (Å²) in [5.74, 6) is -2.26. The lowest BCUT2D eigenvalue weighted by atomic mass is 10.0. The van der Waals surface area contributed by atoms with Gasteiger partial charge in [0.25, 0.3) is 0 Å². The molecule has 424 valence electrons. The van der Waals surface area contributed by atoms with Crippen LogP contribution in [0.1, 0.15) is 303 Å². The lowest BCUT2D eigenvalue weighted by Crippen LogP contribution is -2.44. The molecule has 0 aliphatic carbocycles. The van der Waals surface area contributed by atoms with E-state index in [1.54, 1.807) is 0 Å². The van der Waals surface area contributed by atoms with E-state index >= 15 is 0 Å². The second kappa shape index (κ2) is 55.0. The summed E-state index contributed by atoms with van der Waals surface area (Å²) < 4.78 is 22.8. The Bertz CT molecular complexity index is 1230. The van der Waals surface area contributed by atoms with Crippen molar-refractivity contribution in [2.24, 2.45) is 0 Å². The molecule has 0 amide bonds. The number of unbranched alkanes of at least 4 members (excludes halogenated alkanes) is 39. The van der Waals surface area contributed by atoms with Crippen LogP contribution in [-0.4, -0.2) is 82.3 Å². The van der Waals surface area contributed by atoms with Gasteiger partial charge in [0.15, 0.2) is 12.4 Å². The largest absolute Gasteiger partial charge is 0.545 e. The first-order valence-electron chi connectivity index (χ1n) is 31.0. The molecule has 0 saturated carbocycles. The van der Waals surface area contributed by atoms with Gasteiger partial charge in [-0.15, -0.1) is 0 Å². The molecule has 2 atom stereocenters. The Morgan fingerprint density at radius 1 is 0.417 bits per heavy atom. The molecule has 9 heteroatoms.